The highest BCUT2D eigenvalue weighted by Gasteiger charge is 2.20. The van der Waals surface area contributed by atoms with Crippen LogP contribution in [0, 0.1) is 20.8 Å². The van der Waals surface area contributed by atoms with Gasteiger partial charge in [-0.05, 0) is 84.8 Å². The van der Waals surface area contributed by atoms with Gasteiger partial charge in [0, 0.05) is 6.04 Å². The predicted molar refractivity (Wildman–Crippen MR) is 84.3 cm³/mol. The van der Waals surface area contributed by atoms with Crippen LogP contribution < -0.4 is 10.1 Å². The summed E-state index contributed by atoms with van der Waals surface area (Å²) in [6.45, 7) is 7.72. The van der Waals surface area contributed by atoms with Crippen LogP contribution in [0.1, 0.15) is 41.5 Å². The fourth-order valence-electron chi connectivity index (χ4n) is 3.04. The van der Waals surface area contributed by atoms with Gasteiger partial charge in [-0.25, -0.2) is 0 Å². The van der Waals surface area contributed by atoms with Crippen LogP contribution in [0.4, 0.5) is 0 Å². The van der Waals surface area contributed by atoms with Gasteiger partial charge < -0.3 is 10.1 Å². The molecule has 3 heteroatoms. The predicted octanol–water partition coefficient (Wildman–Crippen LogP) is 4.07. The normalized spacial score (nSPS) is 19.5. The van der Waals surface area contributed by atoms with Crippen molar-refractivity contribution in [3.63, 3.8) is 0 Å². The lowest BCUT2D eigenvalue weighted by Gasteiger charge is -2.26. The molecular weight excluding hydrogens is 302 g/mol. The second-order valence-corrected chi connectivity index (χ2v) is 6.34. The van der Waals surface area contributed by atoms with Crippen molar-refractivity contribution >= 4 is 15.9 Å². The average Bonchev–Trinajstić information content (AvgIpc) is 2.43. The lowest BCUT2D eigenvalue weighted by molar-refractivity contribution is 0.396. The molecule has 1 N–H and O–H groups in total. The van der Waals surface area contributed by atoms with E-state index in [0.29, 0.717) is 6.04 Å². The SMILES string of the molecule is COc1c(C)c(C)c(CC2CCCCN2)c(C)c1Br. The Morgan fingerprint density at radius 1 is 1.16 bits per heavy atom. The van der Waals surface area contributed by atoms with Crippen molar-refractivity contribution in [1.29, 1.82) is 0 Å². The van der Waals surface area contributed by atoms with E-state index in [4.69, 9.17) is 4.74 Å². The van der Waals surface area contributed by atoms with E-state index in [9.17, 15) is 0 Å². The van der Waals surface area contributed by atoms with Gasteiger partial charge in [0.15, 0.2) is 0 Å². The van der Waals surface area contributed by atoms with Gasteiger partial charge in [-0.15, -0.1) is 0 Å². The molecule has 106 valence electrons. The Balaban J connectivity index is 2.34. The van der Waals surface area contributed by atoms with E-state index in [1.807, 2.05) is 0 Å². The van der Waals surface area contributed by atoms with E-state index in [-0.39, 0.29) is 0 Å². The zero-order valence-electron chi connectivity index (χ0n) is 12.4. The topological polar surface area (TPSA) is 21.3 Å². The quantitative estimate of drug-likeness (QED) is 0.904. The van der Waals surface area contributed by atoms with Crippen molar-refractivity contribution in [1.82, 2.24) is 5.32 Å². The lowest BCUT2D eigenvalue weighted by Crippen LogP contribution is -2.36. The summed E-state index contributed by atoms with van der Waals surface area (Å²) in [6.07, 6.45) is 5.09. The monoisotopic (exact) mass is 325 g/mol. The lowest BCUT2D eigenvalue weighted by atomic mass is 9.90. The molecule has 19 heavy (non-hydrogen) atoms. The third kappa shape index (κ3) is 2.97. The maximum atomic E-state index is 5.52. The molecule has 1 aliphatic rings. The first kappa shape index (κ1) is 14.9. The number of hydrogen-bond donors (Lipinski definition) is 1. The Hall–Kier alpha value is -0.540. The highest BCUT2D eigenvalue weighted by molar-refractivity contribution is 9.10. The first-order valence-corrected chi connectivity index (χ1v) is 7.91. The summed E-state index contributed by atoms with van der Waals surface area (Å²) in [6, 6.07) is 0.630. The summed E-state index contributed by atoms with van der Waals surface area (Å²) in [5.41, 5.74) is 5.44. The van der Waals surface area contributed by atoms with Gasteiger partial charge in [-0.1, -0.05) is 6.42 Å². The van der Waals surface area contributed by atoms with E-state index in [0.717, 1.165) is 16.6 Å². The molecule has 0 radical (unpaired) electrons. The molecule has 0 spiro atoms. The first-order chi connectivity index (χ1) is 9.06. The maximum Gasteiger partial charge on any atom is 0.136 e. The molecule has 2 nitrogen and oxygen atoms in total. The van der Waals surface area contributed by atoms with Crippen LogP contribution in [-0.2, 0) is 6.42 Å². The van der Waals surface area contributed by atoms with Crippen LogP contribution in [0.2, 0.25) is 0 Å². The Morgan fingerprint density at radius 2 is 1.89 bits per heavy atom. The zero-order chi connectivity index (χ0) is 14.0. The van der Waals surface area contributed by atoms with Gasteiger partial charge in [-0.3, -0.25) is 0 Å². The summed E-state index contributed by atoms with van der Waals surface area (Å²) < 4.78 is 6.63. The molecule has 1 atom stereocenters. The van der Waals surface area contributed by atoms with Crippen molar-refractivity contribution in [2.24, 2.45) is 0 Å². The summed E-state index contributed by atoms with van der Waals surface area (Å²) in [5.74, 6) is 0.982. The molecule has 0 saturated carbocycles. The number of halogens is 1. The van der Waals surface area contributed by atoms with E-state index in [1.54, 1.807) is 7.11 Å². The summed E-state index contributed by atoms with van der Waals surface area (Å²) in [4.78, 5) is 0. The molecule has 1 saturated heterocycles. The van der Waals surface area contributed by atoms with Crippen LogP contribution in [0.5, 0.6) is 5.75 Å². The van der Waals surface area contributed by atoms with Crippen LogP contribution in [-0.4, -0.2) is 19.7 Å². The highest BCUT2D eigenvalue weighted by atomic mass is 79.9. The van der Waals surface area contributed by atoms with Crippen molar-refractivity contribution in [2.75, 3.05) is 13.7 Å². The Kier molecular flexibility index (Phi) is 4.91. The minimum atomic E-state index is 0.630. The van der Waals surface area contributed by atoms with Gasteiger partial charge in [0.25, 0.3) is 0 Å². The maximum absolute atomic E-state index is 5.52. The van der Waals surface area contributed by atoms with Crippen molar-refractivity contribution < 1.29 is 4.74 Å². The van der Waals surface area contributed by atoms with Gasteiger partial charge in [0.2, 0.25) is 0 Å². The third-order valence-electron chi connectivity index (χ3n) is 4.40. The van der Waals surface area contributed by atoms with Gasteiger partial charge in [0.1, 0.15) is 5.75 Å². The largest absolute Gasteiger partial charge is 0.495 e. The number of nitrogens with one attached hydrogen (secondary N) is 1. The molecule has 0 aliphatic carbocycles. The molecule has 1 aromatic carbocycles. The van der Waals surface area contributed by atoms with Crippen molar-refractivity contribution in [2.45, 2.75) is 52.5 Å². The van der Waals surface area contributed by atoms with E-state index in [2.05, 4.69) is 42.0 Å². The van der Waals surface area contributed by atoms with Crippen LogP contribution >= 0.6 is 15.9 Å². The highest BCUT2D eigenvalue weighted by Crippen LogP contribution is 2.37. The smallest absolute Gasteiger partial charge is 0.136 e. The van der Waals surface area contributed by atoms with Gasteiger partial charge >= 0.3 is 0 Å². The first-order valence-electron chi connectivity index (χ1n) is 7.11. The Labute approximate surface area is 125 Å². The average molecular weight is 326 g/mol. The van der Waals surface area contributed by atoms with Crippen molar-refractivity contribution in [3.8, 4) is 5.75 Å². The van der Waals surface area contributed by atoms with E-state index < -0.39 is 0 Å². The summed E-state index contributed by atoms with van der Waals surface area (Å²) in [5, 5.41) is 3.64. The Bertz CT molecular complexity index is 435. The second-order valence-electron chi connectivity index (χ2n) is 5.55. The molecule has 0 amide bonds. The number of ether oxygens (including phenoxy) is 1. The summed E-state index contributed by atoms with van der Waals surface area (Å²) >= 11 is 3.70. The van der Waals surface area contributed by atoms with Crippen molar-refractivity contribution in [3.05, 3.63) is 26.7 Å². The number of rotatable bonds is 3. The molecule has 2 rings (SSSR count). The number of piperidine rings is 1. The van der Waals surface area contributed by atoms with E-state index in [1.165, 1.54) is 48.1 Å². The van der Waals surface area contributed by atoms with Crippen LogP contribution in [0.25, 0.3) is 0 Å². The minimum Gasteiger partial charge on any atom is -0.495 e. The Morgan fingerprint density at radius 3 is 2.47 bits per heavy atom. The van der Waals surface area contributed by atoms with Crippen LogP contribution in [0.15, 0.2) is 4.47 Å². The fourth-order valence-corrected chi connectivity index (χ4v) is 3.74. The molecule has 1 aromatic rings. The second kappa shape index (κ2) is 6.27. The van der Waals surface area contributed by atoms with Crippen LogP contribution in [0.3, 0.4) is 0 Å². The summed E-state index contributed by atoms with van der Waals surface area (Å²) in [7, 11) is 1.74. The minimum absolute atomic E-state index is 0.630. The number of methoxy groups -OCH3 is 1. The molecule has 0 bridgehead atoms. The molecule has 1 fully saturated rings. The number of hydrogen-bond acceptors (Lipinski definition) is 2. The molecule has 1 aliphatic heterocycles. The fraction of sp³-hybridized carbons (Fsp3) is 0.625. The molecular formula is C16H24BrNO. The third-order valence-corrected chi connectivity index (χ3v) is 5.36. The molecule has 1 unspecified atom stereocenters. The van der Waals surface area contributed by atoms with Gasteiger partial charge in [0.05, 0.1) is 11.6 Å². The molecule has 0 aromatic heterocycles. The standard InChI is InChI=1S/C16H24BrNO/c1-10-11(2)16(19-4)15(17)12(3)14(10)9-13-7-5-6-8-18-13/h13,18H,5-9H2,1-4H3. The number of benzene rings is 1. The molecule has 1 heterocycles. The van der Waals surface area contributed by atoms with E-state index >= 15 is 0 Å². The van der Waals surface area contributed by atoms with Gasteiger partial charge in [-0.2, -0.15) is 0 Å². The zero-order valence-corrected chi connectivity index (χ0v) is 14.0.